The van der Waals surface area contributed by atoms with E-state index in [0.717, 1.165) is 18.6 Å². The molecule has 0 unspecified atom stereocenters. The fourth-order valence-electron chi connectivity index (χ4n) is 3.79. The van der Waals surface area contributed by atoms with Gasteiger partial charge in [-0.3, -0.25) is 4.79 Å². The summed E-state index contributed by atoms with van der Waals surface area (Å²) in [7, 11) is -3.81. The summed E-state index contributed by atoms with van der Waals surface area (Å²) >= 11 is 6.17. The van der Waals surface area contributed by atoms with Crippen LogP contribution in [0.15, 0.2) is 47.4 Å². The molecule has 2 aliphatic rings. The Hall–Kier alpha value is -2.13. The third kappa shape index (κ3) is 5.20. The Morgan fingerprint density at radius 1 is 1.06 bits per heavy atom. The van der Waals surface area contributed by atoms with Gasteiger partial charge < -0.3 is 14.8 Å². The molecule has 166 valence electrons. The maximum Gasteiger partial charge on any atom is 0.255 e. The minimum atomic E-state index is -3.81. The summed E-state index contributed by atoms with van der Waals surface area (Å²) < 4.78 is 38.4. The van der Waals surface area contributed by atoms with E-state index in [1.807, 2.05) is 12.1 Å². The lowest BCUT2D eigenvalue weighted by Gasteiger charge is -2.26. The van der Waals surface area contributed by atoms with E-state index >= 15 is 0 Å². The number of nitrogens with zero attached hydrogens (tertiary/aromatic N) is 1. The Labute approximate surface area is 187 Å². The van der Waals surface area contributed by atoms with Crippen molar-refractivity contribution in [2.24, 2.45) is 0 Å². The zero-order chi connectivity index (χ0) is 21.8. The Bertz CT molecular complexity index is 1030. The maximum absolute atomic E-state index is 13.0. The van der Waals surface area contributed by atoms with Crippen LogP contribution in [0.3, 0.4) is 0 Å². The summed E-state index contributed by atoms with van der Waals surface area (Å²) in [6.07, 6.45) is 4.81. The summed E-state index contributed by atoms with van der Waals surface area (Å²) in [5, 5.41) is 2.87. The van der Waals surface area contributed by atoms with Crippen LogP contribution in [0, 0.1) is 0 Å². The highest BCUT2D eigenvalue weighted by atomic mass is 35.5. The second kappa shape index (κ2) is 9.56. The molecule has 0 bridgehead atoms. The van der Waals surface area contributed by atoms with Gasteiger partial charge in [-0.25, -0.2) is 8.42 Å². The van der Waals surface area contributed by atoms with Crippen molar-refractivity contribution < 1.29 is 22.7 Å². The number of nitrogens with one attached hydrogen (secondary N) is 1. The van der Waals surface area contributed by atoms with Crippen molar-refractivity contribution in [3.63, 3.8) is 0 Å². The number of benzene rings is 2. The number of carbonyl (C=O) groups excluding carboxylic acids is 1. The smallest absolute Gasteiger partial charge is 0.255 e. The topological polar surface area (TPSA) is 84.9 Å². The number of rotatable bonds is 6. The van der Waals surface area contributed by atoms with Gasteiger partial charge in [0.1, 0.15) is 10.6 Å². The molecule has 4 rings (SSSR count). The lowest BCUT2D eigenvalue weighted by molar-refractivity contribution is 0.0730. The first kappa shape index (κ1) is 22.1. The van der Waals surface area contributed by atoms with Gasteiger partial charge in [-0.15, -0.1) is 0 Å². The van der Waals surface area contributed by atoms with Crippen LogP contribution in [0.5, 0.6) is 5.75 Å². The van der Waals surface area contributed by atoms with Gasteiger partial charge in [0.2, 0.25) is 10.0 Å². The van der Waals surface area contributed by atoms with Crippen molar-refractivity contribution in [1.82, 2.24) is 4.31 Å². The molecule has 1 saturated heterocycles. The summed E-state index contributed by atoms with van der Waals surface area (Å²) in [6, 6.07) is 11.4. The minimum Gasteiger partial charge on any atom is -0.490 e. The SMILES string of the molecule is O=C(Nc1ccc(OC2CCCC2)cc1)c1ccc(Cl)c(S(=O)(=O)N2CCOCC2)c1. The minimum absolute atomic E-state index is 0.0796. The lowest BCUT2D eigenvalue weighted by atomic mass is 10.2. The highest BCUT2D eigenvalue weighted by Crippen LogP contribution is 2.28. The van der Waals surface area contributed by atoms with E-state index < -0.39 is 15.9 Å². The van der Waals surface area contributed by atoms with Crippen LogP contribution in [-0.4, -0.2) is 51.0 Å². The molecule has 0 aromatic heterocycles. The quantitative estimate of drug-likeness (QED) is 0.700. The molecule has 1 heterocycles. The van der Waals surface area contributed by atoms with E-state index in [9.17, 15) is 13.2 Å². The van der Waals surface area contributed by atoms with Crippen molar-refractivity contribution >= 4 is 33.2 Å². The molecule has 31 heavy (non-hydrogen) atoms. The van der Waals surface area contributed by atoms with Crippen molar-refractivity contribution in [3.8, 4) is 5.75 Å². The van der Waals surface area contributed by atoms with E-state index in [0.29, 0.717) is 18.9 Å². The first-order chi connectivity index (χ1) is 14.9. The summed E-state index contributed by atoms with van der Waals surface area (Å²) in [5.74, 6) is 0.356. The fraction of sp³-hybridized carbons (Fsp3) is 0.409. The molecule has 1 amide bonds. The number of halogens is 1. The molecule has 2 aromatic rings. The summed E-state index contributed by atoms with van der Waals surface area (Å²) in [5.41, 5.74) is 0.804. The van der Waals surface area contributed by atoms with Crippen molar-refractivity contribution in [2.45, 2.75) is 36.7 Å². The molecule has 1 N–H and O–H groups in total. The fourth-order valence-corrected chi connectivity index (χ4v) is 5.70. The molecule has 0 radical (unpaired) electrons. The second-order valence-corrected chi connectivity index (χ2v) is 9.98. The molecule has 2 aromatic carbocycles. The predicted octanol–water partition coefficient (Wildman–Crippen LogP) is 3.93. The highest BCUT2D eigenvalue weighted by molar-refractivity contribution is 7.89. The number of amides is 1. The Balaban J connectivity index is 1.46. The Morgan fingerprint density at radius 2 is 1.74 bits per heavy atom. The summed E-state index contributed by atoms with van der Waals surface area (Å²) in [4.78, 5) is 12.7. The van der Waals surface area contributed by atoms with Gasteiger partial charge in [0.15, 0.2) is 0 Å². The van der Waals surface area contributed by atoms with Crippen LogP contribution < -0.4 is 10.1 Å². The van der Waals surface area contributed by atoms with E-state index in [4.69, 9.17) is 21.1 Å². The summed E-state index contributed by atoms with van der Waals surface area (Å²) in [6.45, 7) is 1.17. The van der Waals surface area contributed by atoms with Crippen molar-refractivity contribution in [1.29, 1.82) is 0 Å². The van der Waals surface area contributed by atoms with Gasteiger partial charge >= 0.3 is 0 Å². The number of hydrogen-bond acceptors (Lipinski definition) is 5. The average molecular weight is 465 g/mol. The van der Waals surface area contributed by atoms with Gasteiger partial charge in [-0.05, 0) is 68.1 Å². The van der Waals surface area contributed by atoms with Crippen LogP contribution in [0.1, 0.15) is 36.0 Å². The maximum atomic E-state index is 13.0. The first-order valence-corrected chi connectivity index (χ1v) is 12.2. The Kier molecular flexibility index (Phi) is 6.81. The number of ether oxygens (including phenoxy) is 2. The molecule has 0 spiro atoms. The van der Waals surface area contributed by atoms with Crippen LogP contribution in [0.25, 0.3) is 0 Å². The molecule has 9 heteroatoms. The van der Waals surface area contributed by atoms with Crippen molar-refractivity contribution in [3.05, 3.63) is 53.1 Å². The van der Waals surface area contributed by atoms with Crippen LogP contribution >= 0.6 is 11.6 Å². The van der Waals surface area contributed by atoms with Gasteiger partial charge in [0, 0.05) is 24.3 Å². The normalized spacial score (nSPS) is 18.1. The first-order valence-electron chi connectivity index (χ1n) is 10.4. The molecule has 0 atom stereocenters. The monoisotopic (exact) mass is 464 g/mol. The van der Waals surface area contributed by atoms with E-state index in [2.05, 4.69) is 5.32 Å². The van der Waals surface area contributed by atoms with E-state index in [1.165, 1.54) is 35.3 Å². The molecular weight excluding hydrogens is 440 g/mol. The standard InChI is InChI=1S/C22H25ClN2O5S/c23-20-10-5-16(15-21(20)31(27,28)25-11-13-29-14-12-25)22(26)24-17-6-8-19(9-7-17)30-18-3-1-2-4-18/h5-10,15,18H,1-4,11-14H2,(H,24,26). The molecule has 1 aliphatic heterocycles. The number of carbonyl (C=O) groups is 1. The van der Waals surface area contributed by atoms with Gasteiger partial charge in [0.05, 0.1) is 24.3 Å². The largest absolute Gasteiger partial charge is 0.490 e. The molecule has 1 aliphatic carbocycles. The van der Waals surface area contributed by atoms with Gasteiger partial charge in [0.25, 0.3) is 5.91 Å². The zero-order valence-corrected chi connectivity index (χ0v) is 18.6. The third-order valence-corrected chi connectivity index (χ3v) is 7.88. The molecule has 2 fully saturated rings. The van der Waals surface area contributed by atoms with E-state index in [1.54, 1.807) is 12.1 Å². The second-order valence-electron chi connectivity index (χ2n) is 7.66. The van der Waals surface area contributed by atoms with E-state index in [-0.39, 0.29) is 34.7 Å². The van der Waals surface area contributed by atoms with Crippen LogP contribution in [0.4, 0.5) is 5.69 Å². The Morgan fingerprint density at radius 3 is 2.42 bits per heavy atom. The number of sulfonamides is 1. The van der Waals surface area contributed by atoms with Crippen LogP contribution in [0.2, 0.25) is 5.02 Å². The average Bonchev–Trinajstić information content (AvgIpc) is 3.29. The highest BCUT2D eigenvalue weighted by Gasteiger charge is 2.29. The lowest BCUT2D eigenvalue weighted by Crippen LogP contribution is -2.40. The number of hydrogen-bond donors (Lipinski definition) is 1. The molecule has 1 saturated carbocycles. The number of morpholine rings is 1. The van der Waals surface area contributed by atoms with Gasteiger partial charge in [-0.2, -0.15) is 4.31 Å². The van der Waals surface area contributed by atoms with Crippen LogP contribution in [-0.2, 0) is 14.8 Å². The zero-order valence-electron chi connectivity index (χ0n) is 17.1. The number of anilines is 1. The van der Waals surface area contributed by atoms with Crippen molar-refractivity contribution in [2.75, 3.05) is 31.6 Å². The predicted molar refractivity (Wildman–Crippen MR) is 118 cm³/mol. The molecule has 7 nitrogen and oxygen atoms in total. The molecular formula is C22H25ClN2O5S. The third-order valence-electron chi connectivity index (χ3n) is 5.50. The van der Waals surface area contributed by atoms with Gasteiger partial charge in [-0.1, -0.05) is 11.6 Å².